The van der Waals surface area contributed by atoms with Gasteiger partial charge in [-0.15, -0.1) is 18.3 Å². The molecule has 9 heteroatoms. The maximum Gasteiger partial charge on any atom is 0.573 e. The lowest BCUT2D eigenvalue weighted by molar-refractivity contribution is -0.274. The Morgan fingerprint density at radius 1 is 1.35 bits per heavy atom. The van der Waals surface area contributed by atoms with Crippen molar-refractivity contribution in [1.29, 1.82) is 0 Å². The zero-order valence-electron chi connectivity index (χ0n) is 11.9. The van der Waals surface area contributed by atoms with Crippen molar-refractivity contribution in [3.8, 4) is 5.75 Å². The molecule has 1 aliphatic rings. The van der Waals surface area contributed by atoms with Gasteiger partial charge in [-0.1, -0.05) is 11.3 Å². The van der Waals surface area contributed by atoms with Gasteiger partial charge in [-0.25, -0.2) is 4.68 Å². The van der Waals surface area contributed by atoms with E-state index in [1.807, 2.05) is 0 Å². The van der Waals surface area contributed by atoms with Gasteiger partial charge in [0.1, 0.15) is 5.75 Å². The van der Waals surface area contributed by atoms with Crippen LogP contribution >= 0.6 is 0 Å². The number of amides is 1. The van der Waals surface area contributed by atoms with Crippen LogP contribution in [0.3, 0.4) is 0 Å². The number of alkyl halides is 3. The molecule has 1 fully saturated rings. The third kappa shape index (κ3) is 3.61. The molecular weight excluding hydrogens is 313 g/mol. The summed E-state index contributed by atoms with van der Waals surface area (Å²) in [4.78, 5) is 14.0. The van der Waals surface area contributed by atoms with Gasteiger partial charge in [0.15, 0.2) is 0 Å². The lowest BCUT2D eigenvalue weighted by atomic mass is 10.2. The maximum absolute atomic E-state index is 12.4. The van der Waals surface area contributed by atoms with E-state index in [0.29, 0.717) is 19.5 Å². The van der Waals surface area contributed by atoms with Crippen molar-refractivity contribution in [3.05, 3.63) is 42.2 Å². The van der Waals surface area contributed by atoms with Gasteiger partial charge in [-0.05, 0) is 24.6 Å². The van der Waals surface area contributed by atoms with Crippen LogP contribution in [-0.2, 0) is 0 Å². The van der Waals surface area contributed by atoms with Crippen molar-refractivity contribution in [1.82, 2.24) is 19.9 Å². The first-order chi connectivity index (χ1) is 10.9. The number of nitrogens with zero attached hydrogens (tertiary/aromatic N) is 4. The Morgan fingerprint density at radius 3 is 2.87 bits per heavy atom. The smallest absolute Gasteiger partial charge is 0.406 e. The number of hydrogen-bond acceptors (Lipinski definition) is 4. The van der Waals surface area contributed by atoms with Crippen molar-refractivity contribution in [3.63, 3.8) is 0 Å². The topological polar surface area (TPSA) is 60.2 Å². The number of benzene rings is 1. The summed E-state index contributed by atoms with van der Waals surface area (Å²) in [5, 5.41) is 7.63. The average molecular weight is 326 g/mol. The Kier molecular flexibility index (Phi) is 3.93. The minimum absolute atomic E-state index is 0.0241. The first-order valence-corrected chi connectivity index (χ1v) is 6.93. The first-order valence-electron chi connectivity index (χ1n) is 6.93. The van der Waals surface area contributed by atoms with Gasteiger partial charge in [0.05, 0.1) is 12.2 Å². The van der Waals surface area contributed by atoms with Gasteiger partial charge in [-0.3, -0.25) is 4.79 Å². The van der Waals surface area contributed by atoms with Crippen LogP contribution in [0.15, 0.2) is 36.7 Å². The van der Waals surface area contributed by atoms with E-state index in [4.69, 9.17) is 0 Å². The fourth-order valence-electron chi connectivity index (χ4n) is 2.56. The molecular formula is C14H13F3N4O2. The molecule has 1 aromatic heterocycles. The van der Waals surface area contributed by atoms with Crippen LogP contribution in [-0.4, -0.2) is 45.3 Å². The highest BCUT2D eigenvalue weighted by Crippen LogP contribution is 2.26. The fraction of sp³-hybridized carbons (Fsp3) is 0.357. The molecule has 0 radical (unpaired) electrons. The molecule has 3 rings (SSSR count). The number of rotatable bonds is 3. The third-order valence-corrected chi connectivity index (χ3v) is 3.58. The number of carbonyl (C=O) groups excluding carboxylic acids is 1. The second-order valence-electron chi connectivity index (χ2n) is 5.15. The highest BCUT2D eigenvalue weighted by atomic mass is 19.4. The van der Waals surface area contributed by atoms with Crippen LogP contribution in [0.25, 0.3) is 0 Å². The zero-order chi connectivity index (χ0) is 16.4. The Balaban J connectivity index is 1.70. The summed E-state index contributed by atoms with van der Waals surface area (Å²) in [5.74, 6) is -0.740. The number of hydrogen-bond donors (Lipinski definition) is 0. The van der Waals surface area contributed by atoms with Gasteiger partial charge in [-0.2, -0.15) is 0 Å². The van der Waals surface area contributed by atoms with E-state index < -0.39 is 12.1 Å². The van der Waals surface area contributed by atoms with Crippen molar-refractivity contribution in [2.24, 2.45) is 0 Å². The van der Waals surface area contributed by atoms with Crippen LogP contribution in [0, 0.1) is 0 Å². The highest BCUT2D eigenvalue weighted by molar-refractivity contribution is 5.94. The molecule has 1 atom stereocenters. The van der Waals surface area contributed by atoms with E-state index in [-0.39, 0.29) is 17.5 Å². The van der Waals surface area contributed by atoms with Gasteiger partial charge < -0.3 is 9.64 Å². The predicted octanol–water partition coefficient (Wildman–Crippen LogP) is 2.26. The zero-order valence-corrected chi connectivity index (χ0v) is 11.9. The Labute approximate surface area is 129 Å². The Hall–Kier alpha value is -2.58. The molecule has 2 heterocycles. The quantitative estimate of drug-likeness (QED) is 0.868. The lowest BCUT2D eigenvalue weighted by Gasteiger charge is -2.17. The van der Waals surface area contributed by atoms with Crippen molar-refractivity contribution < 1.29 is 22.7 Å². The normalized spacial score (nSPS) is 18.2. The Morgan fingerprint density at radius 2 is 2.17 bits per heavy atom. The van der Waals surface area contributed by atoms with E-state index in [1.54, 1.807) is 22.0 Å². The van der Waals surface area contributed by atoms with E-state index in [1.165, 1.54) is 12.1 Å². The molecule has 1 amide bonds. The molecule has 2 aromatic rings. The molecule has 1 aliphatic heterocycles. The molecule has 122 valence electrons. The number of likely N-dealkylation sites (tertiary alicyclic amines) is 1. The summed E-state index contributed by atoms with van der Waals surface area (Å²) in [7, 11) is 0. The number of carbonyl (C=O) groups is 1. The second-order valence-corrected chi connectivity index (χ2v) is 5.15. The molecule has 0 saturated carbocycles. The molecule has 0 unspecified atom stereocenters. The number of aromatic nitrogens is 3. The first kappa shape index (κ1) is 15.3. The van der Waals surface area contributed by atoms with Gasteiger partial charge in [0.25, 0.3) is 5.91 Å². The van der Waals surface area contributed by atoms with E-state index >= 15 is 0 Å². The average Bonchev–Trinajstić information content (AvgIpc) is 3.16. The molecule has 0 aliphatic carbocycles. The summed E-state index contributed by atoms with van der Waals surface area (Å²) < 4.78 is 42.3. The molecule has 0 bridgehead atoms. The third-order valence-electron chi connectivity index (χ3n) is 3.58. The Bertz CT molecular complexity index is 688. The summed E-state index contributed by atoms with van der Waals surface area (Å²) in [5.41, 5.74) is 0.158. The summed E-state index contributed by atoms with van der Waals surface area (Å²) in [6, 6.07) is 5.11. The minimum Gasteiger partial charge on any atom is -0.406 e. The molecule has 0 N–H and O–H groups in total. The molecule has 1 aromatic carbocycles. The monoisotopic (exact) mass is 326 g/mol. The predicted molar refractivity (Wildman–Crippen MR) is 72.7 cm³/mol. The standard InChI is InChI=1S/C14H13F3N4O2/c15-14(16,17)23-12-3-1-2-10(8-12)13(22)20-6-4-11(9-20)21-7-5-18-19-21/h1-3,5,7-8,11H,4,6,9H2/t11-/m0/s1. The van der Waals surface area contributed by atoms with Crippen molar-refractivity contribution >= 4 is 5.91 Å². The summed E-state index contributed by atoms with van der Waals surface area (Å²) in [6.07, 6.45) is -0.791. The van der Waals surface area contributed by atoms with Crippen LogP contribution < -0.4 is 4.74 Å². The highest BCUT2D eigenvalue weighted by Gasteiger charge is 2.32. The van der Waals surface area contributed by atoms with E-state index in [0.717, 1.165) is 12.1 Å². The largest absolute Gasteiger partial charge is 0.573 e. The lowest BCUT2D eigenvalue weighted by Crippen LogP contribution is -2.29. The number of halogens is 3. The fourth-order valence-corrected chi connectivity index (χ4v) is 2.56. The van der Waals surface area contributed by atoms with Crippen LogP contribution in [0.5, 0.6) is 5.75 Å². The summed E-state index contributed by atoms with van der Waals surface area (Å²) >= 11 is 0. The molecule has 0 spiro atoms. The molecule has 1 saturated heterocycles. The van der Waals surface area contributed by atoms with Crippen LogP contribution in [0.2, 0.25) is 0 Å². The SMILES string of the molecule is O=C(c1cccc(OC(F)(F)F)c1)N1CC[C@H](n2ccnn2)C1. The van der Waals surface area contributed by atoms with E-state index in [9.17, 15) is 18.0 Å². The minimum atomic E-state index is -4.78. The maximum atomic E-state index is 12.4. The second kappa shape index (κ2) is 5.90. The summed E-state index contributed by atoms with van der Waals surface area (Å²) in [6.45, 7) is 0.945. The van der Waals surface area contributed by atoms with Gasteiger partial charge in [0.2, 0.25) is 0 Å². The van der Waals surface area contributed by atoms with Gasteiger partial charge in [0, 0.05) is 24.8 Å². The van der Waals surface area contributed by atoms with Gasteiger partial charge >= 0.3 is 6.36 Å². The van der Waals surface area contributed by atoms with E-state index in [2.05, 4.69) is 15.0 Å². The molecule has 6 nitrogen and oxygen atoms in total. The van der Waals surface area contributed by atoms with Crippen LogP contribution in [0.4, 0.5) is 13.2 Å². The van der Waals surface area contributed by atoms with Crippen LogP contribution in [0.1, 0.15) is 22.8 Å². The van der Waals surface area contributed by atoms with Crippen molar-refractivity contribution in [2.75, 3.05) is 13.1 Å². The molecule has 23 heavy (non-hydrogen) atoms. The van der Waals surface area contributed by atoms with Crippen molar-refractivity contribution in [2.45, 2.75) is 18.8 Å². The number of ether oxygens (including phenoxy) is 1.